The van der Waals surface area contributed by atoms with Crippen LogP contribution in [0, 0.1) is 20.8 Å². The smallest absolute Gasteiger partial charge is 0.104 e. The Morgan fingerprint density at radius 2 is 2.12 bits per heavy atom. The maximum Gasteiger partial charge on any atom is 0.104 e. The van der Waals surface area contributed by atoms with E-state index in [1.165, 1.54) is 0 Å². The van der Waals surface area contributed by atoms with Crippen molar-refractivity contribution in [3.63, 3.8) is 0 Å². The number of rotatable bonds is 0. The summed E-state index contributed by atoms with van der Waals surface area (Å²) in [6.07, 6.45) is 0. The number of hydrogen-bond acceptors (Lipinski definition) is 1. The van der Waals surface area contributed by atoms with Gasteiger partial charge in [-0.25, -0.2) is 0 Å². The average Bonchev–Trinajstić information content (AvgIpc) is 1.85. The lowest BCUT2D eigenvalue weighted by Gasteiger charge is -1.80. The van der Waals surface area contributed by atoms with Gasteiger partial charge >= 0.3 is 0 Å². The van der Waals surface area contributed by atoms with Crippen LogP contribution in [0.1, 0.15) is 17.1 Å². The molecule has 42 valence electrons. The average molecular weight is 108 g/mol. The van der Waals surface area contributed by atoms with Gasteiger partial charge in [-0.1, -0.05) is 0 Å². The third-order valence-electron chi connectivity index (χ3n) is 1.08. The third-order valence-corrected chi connectivity index (χ3v) is 1.08. The highest BCUT2D eigenvalue weighted by Crippen LogP contribution is 2.10. The van der Waals surface area contributed by atoms with Crippen LogP contribution in [-0.2, 0) is 0 Å². The van der Waals surface area contributed by atoms with E-state index < -0.39 is 0 Å². The zero-order valence-corrected chi connectivity index (χ0v) is 5.06. The molecule has 0 aliphatic rings. The van der Waals surface area contributed by atoms with Crippen molar-refractivity contribution in [2.75, 3.05) is 0 Å². The van der Waals surface area contributed by atoms with Gasteiger partial charge in [-0.15, -0.1) is 0 Å². The SMILES string of the molecule is [CH]c1cc(C)oc1C. The van der Waals surface area contributed by atoms with Crippen molar-refractivity contribution < 1.29 is 4.42 Å². The zero-order chi connectivity index (χ0) is 6.15. The lowest BCUT2D eigenvalue weighted by Crippen LogP contribution is -1.63. The van der Waals surface area contributed by atoms with Crippen LogP contribution in [0.15, 0.2) is 10.5 Å². The number of aryl methyl sites for hydroxylation is 2. The van der Waals surface area contributed by atoms with Crippen LogP contribution in [0.3, 0.4) is 0 Å². The maximum absolute atomic E-state index is 5.45. The summed E-state index contributed by atoms with van der Waals surface area (Å²) in [6.45, 7) is 9.17. The molecule has 1 nitrogen and oxygen atoms in total. The summed E-state index contributed by atoms with van der Waals surface area (Å²) < 4.78 is 5.09. The van der Waals surface area contributed by atoms with E-state index in [9.17, 15) is 0 Å². The van der Waals surface area contributed by atoms with Gasteiger partial charge in [0.15, 0.2) is 0 Å². The summed E-state index contributed by atoms with van der Waals surface area (Å²) >= 11 is 0. The number of hydrogen-bond donors (Lipinski definition) is 0. The van der Waals surface area contributed by atoms with Crippen LogP contribution in [0.2, 0.25) is 0 Å². The molecule has 0 amide bonds. The third kappa shape index (κ3) is 0.760. The van der Waals surface area contributed by atoms with Gasteiger partial charge in [0.05, 0.1) is 0 Å². The first-order valence-electron chi connectivity index (χ1n) is 2.52. The lowest BCUT2D eigenvalue weighted by molar-refractivity contribution is 0.503. The van der Waals surface area contributed by atoms with Gasteiger partial charge in [0.25, 0.3) is 0 Å². The Morgan fingerprint density at radius 1 is 1.50 bits per heavy atom. The molecule has 0 spiro atoms. The van der Waals surface area contributed by atoms with Gasteiger partial charge in [-0.2, -0.15) is 0 Å². The molecular weight excluding hydrogens is 100 g/mol. The van der Waals surface area contributed by atoms with Gasteiger partial charge in [0, 0.05) is 6.92 Å². The normalized spacial score (nSPS) is 9.88. The molecular formula is C7H8O. The van der Waals surface area contributed by atoms with Crippen molar-refractivity contribution in [1.29, 1.82) is 0 Å². The van der Waals surface area contributed by atoms with Crippen molar-refractivity contribution in [2.24, 2.45) is 0 Å². The molecule has 0 N–H and O–H groups in total. The summed E-state index contributed by atoms with van der Waals surface area (Å²) in [6, 6.07) is 1.81. The van der Waals surface area contributed by atoms with E-state index in [-0.39, 0.29) is 0 Å². The number of furan rings is 1. The molecule has 0 bridgehead atoms. The van der Waals surface area contributed by atoms with Crippen LogP contribution < -0.4 is 0 Å². The first-order valence-corrected chi connectivity index (χ1v) is 2.52. The quantitative estimate of drug-likeness (QED) is 0.495. The fourth-order valence-corrected chi connectivity index (χ4v) is 0.650. The maximum atomic E-state index is 5.45. The van der Waals surface area contributed by atoms with Gasteiger partial charge in [-0.05, 0) is 25.5 Å². The van der Waals surface area contributed by atoms with Crippen molar-refractivity contribution in [3.05, 3.63) is 30.1 Å². The van der Waals surface area contributed by atoms with Gasteiger partial charge in [-0.3, -0.25) is 0 Å². The van der Waals surface area contributed by atoms with Crippen LogP contribution >= 0.6 is 0 Å². The van der Waals surface area contributed by atoms with Crippen molar-refractivity contribution in [3.8, 4) is 0 Å². The Balaban J connectivity index is 3.14. The highest BCUT2D eigenvalue weighted by molar-refractivity contribution is 5.22. The molecule has 1 rings (SSSR count). The van der Waals surface area contributed by atoms with E-state index >= 15 is 0 Å². The lowest BCUT2D eigenvalue weighted by atomic mass is 10.3. The summed E-state index contributed by atoms with van der Waals surface area (Å²) in [7, 11) is 0. The molecule has 0 saturated heterocycles. The Morgan fingerprint density at radius 3 is 2.25 bits per heavy atom. The first kappa shape index (κ1) is 5.42. The van der Waals surface area contributed by atoms with E-state index in [4.69, 9.17) is 11.3 Å². The van der Waals surface area contributed by atoms with E-state index in [1.807, 2.05) is 19.9 Å². The van der Waals surface area contributed by atoms with E-state index in [1.54, 1.807) is 0 Å². The first-order chi connectivity index (χ1) is 3.70. The van der Waals surface area contributed by atoms with E-state index in [0.717, 1.165) is 17.1 Å². The van der Waals surface area contributed by atoms with Crippen molar-refractivity contribution >= 4 is 0 Å². The minimum atomic E-state index is 0.738. The van der Waals surface area contributed by atoms with Crippen LogP contribution in [0.4, 0.5) is 0 Å². The molecule has 0 aliphatic heterocycles. The molecule has 0 aromatic carbocycles. The molecule has 2 radical (unpaired) electrons. The zero-order valence-electron chi connectivity index (χ0n) is 5.06. The van der Waals surface area contributed by atoms with Crippen molar-refractivity contribution in [2.45, 2.75) is 13.8 Å². The molecule has 8 heavy (non-hydrogen) atoms. The van der Waals surface area contributed by atoms with Crippen LogP contribution in [0.5, 0.6) is 0 Å². The predicted molar refractivity (Wildman–Crippen MR) is 31.6 cm³/mol. The molecule has 1 heteroatoms. The Labute approximate surface area is 49.3 Å². The monoisotopic (exact) mass is 108 g/mol. The van der Waals surface area contributed by atoms with E-state index in [2.05, 4.69) is 0 Å². The molecule has 0 atom stereocenters. The van der Waals surface area contributed by atoms with Crippen LogP contribution in [0.25, 0.3) is 0 Å². The summed E-state index contributed by atoms with van der Waals surface area (Å²) in [4.78, 5) is 0. The summed E-state index contributed by atoms with van der Waals surface area (Å²) in [5.74, 6) is 1.68. The Hall–Kier alpha value is -0.720. The minimum Gasteiger partial charge on any atom is -0.466 e. The Bertz CT molecular complexity index is 167. The summed E-state index contributed by atoms with van der Waals surface area (Å²) in [5.41, 5.74) is 0.738. The second-order valence-corrected chi connectivity index (χ2v) is 1.87. The molecule has 0 saturated carbocycles. The van der Waals surface area contributed by atoms with Crippen LogP contribution in [-0.4, -0.2) is 0 Å². The molecule has 0 aliphatic carbocycles. The molecule has 0 fully saturated rings. The highest BCUT2D eigenvalue weighted by Gasteiger charge is 1.95. The predicted octanol–water partition coefficient (Wildman–Crippen LogP) is 1.96. The second-order valence-electron chi connectivity index (χ2n) is 1.87. The van der Waals surface area contributed by atoms with Gasteiger partial charge in [0.1, 0.15) is 11.5 Å². The molecule has 1 aromatic heterocycles. The second kappa shape index (κ2) is 1.66. The fourth-order valence-electron chi connectivity index (χ4n) is 0.650. The standard InChI is InChI=1S/C7H8O/c1-5-4-6(2)8-7(5)3/h1,4H,2-3H3. The van der Waals surface area contributed by atoms with Gasteiger partial charge < -0.3 is 4.42 Å². The van der Waals surface area contributed by atoms with Crippen molar-refractivity contribution in [1.82, 2.24) is 0 Å². The van der Waals surface area contributed by atoms with E-state index in [0.29, 0.717) is 0 Å². The summed E-state index contributed by atoms with van der Waals surface area (Å²) in [5, 5.41) is 0. The molecule has 1 aromatic rings. The highest BCUT2D eigenvalue weighted by atomic mass is 16.3. The molecule has 1 heterocycles. The minimum absolute atomic E-state index is 0.738. The largest absolute Gasteiger partial charge is 0.466 e. The Kier molecular flexibility index (Phi) is 1.12. The molecule has 0 unspecified atom stereocenters. The van der Waals surface area contributed by atoms with Gasteiger partial charge in [0.2, 0.25) is 0 Å². The fraction of sp³-hybridized carbons (Fsp3) is 0.286. The topological polar surface area (TPSA) is 13.1 Å².